The van der Waals surface area contributed by atoms with Crippen LogP contribution in [0.2, 0.25) is 0 Å². The van der Waals surface area contributed by atoms with Crippen LogP contribution >= 0.6 is 24.0 Å². The Labute approximate surface area is 178 Å². The number of carbonyl (C=O) groups is 1. The van der Waals surface area contributed by atoms with Crippen molar-refractivity contribution in [2.24, 2.45) is 4.99 Å². The number of rotatable bonds is 8. The van der Waals surface area contributed by atoms with E-state index in [-0.39, 0.29) is 36.4 Å². The van der Waals surface area contributed by atoms with E-state index in [9.17, 15) is 4.79 Å². The summed E-state index contributed by atoms with van der Waals surface area (Å²) in [7, 11) is 0. The molecule has 3 N–H and O–H groups in total. The Morgan fingerprint density at radius 3 is 2.56 bits per heavy atom. The summed E-state index contributed by atoms with van der Waals surface area (Å²) in [6.45, 7) is 8.47. The summed E-state index contributed by atoms with van der Waals surface area (Å²) in [6, 6.07) is 11.5. The topological polar surface area (TPSA) is 83.3 Å². The number of hydrogen-bond donors (Lipinski definition) is 3. The van der Waals surface area contributed by atoms with Crippen LogP contribution < -0.4 is 16.0 Å². The number of hydrogen-bond acceptors (Lipinski definition) is 3. The third kappa shape index (κ3) is 8.42. The molecule has 7 nitrogen and oxygen atoms in total. The smallest absolute Gasteiger partial charge is 0.246 e. The van der Waals surface area contributed by atoms with Gasteiger partial charge in [-0.05, 0) is 45.4 Å². The van der Waals surface area contributed by atoms with E-state index >= 15 is 0 Å². The van der Waals surface area contributed by atoms with Crippen molar-refractivity contribution in [2.45, 2.75) is 33.7 Å². The van der Waals surface area contributed by atoms with E-state index in [0.29, 0.717) is 5.96 Å². The van der Waals surface area contributed by atoms with Gasteiger partial charge in [-0.3, -0.25) is 9.48 Å². The molecule has 0 aliphatic rings. The number of nitrogens with zero attached hydrogens (tertiary/aromatic N) is 3. The number of amides is 1. The molecular weight excluding hydrogens is 455 g/mol. The van der Waals surface area contributed by atoms with Gasteiger partial charge in [-0.2, -0.15) is 5.10 Å². The zero-order valence-electron chi connectivity index (χ0n) is 16.2. The minimum Gasteiger partial charge on any atom is -0.357 e. The number of aryl methyl sites for hydroxylation is 3. The Hall–Kier alpha value is -2.10. The zero-order chi connectivity index (χ0) is 18.8. The first-order valence-corrected chi connectivity index (χ1v) is 8.96. The molecule has 0 fully saturated rings. The first-order chi connectivity index (χ1) is 12.6. The molecule has 1 aromatic heterocycles. The maximum absolute atomic E-state index is 12.0. The number of anilines is 1. The van der Waals surface area contributed by atoms with Crippen LogP contribution in [0.3, 0.4) is 0 Å². The van der Waals surface area contributed by atoms with E-state index in [1.807, 2.05) is 48.9 Å². The molecule has 0 radical (unpaired) electrons. The van der Waals surface area contributed by atoms with Crippen LogP contribution in [-0.2, 0) is 11.3 Å². The molecule has 2 rings (SSSR count). The molecule has 1 aromatic carbocycles. The molecule has 0 aliphatic heterocycles. The lowest BCUT2D eigenvalue weighted by atomic mass is 10.3. The highest BCUT2D eigenvalue weighted by Crippen LogP contribution is 2.04. The highest BCUT2D eigenvalue weighted by molar-refractivity contribution is 14.0. The Bertz CT molecular complexity index is 729. The lowest BCUT2D eigenvalue weighted by Gasteiger charge is -2.11. The van der Waals surface area contributed by atoms with Crippen molar-refractivity contribution in [2.75, 3.05) is 25.0 Å². The average Bonchev–Trinajstić information content (AvgIpc) is 2.94. The maximum Gasteiger partial charge on any atom is 0.246 e. The molecule has 1 amide bonds. The SMILES string of the molecule is CCNC(=NCC(=O)Nc1ccccc1)NCCCn1nc(C)cc1C.I. The van der Waals surface area contributed by atoms with E-state index < -0.39 is 0 Å². The van der Waals surface area contributed by atoms with Gasteiger partial charge in [0.05, 0.1) is 5.69 Å². The minimum atomic E-state index is -0.143. The van der Waals surface area contributed by atoms with Crippen LogP contribution in [-0.4, -0.2) is 41.3 Å². The largest absolute Gasteiger partial charge is 0.357 e. The third-order valence-electron chi connectivity index (χ3n) is 3.73. The van der Waals surface area contributed by atoms with E-state index in [0.717, 1.165) is 37.4 Å². The van der Waals surface area contributed by atoms with Gasteiger partial charge >= 0.3 is 0 Å². The first kappa shape index (κ1) is 22.9. The molecule has 0 saturated carbocycles. The molecule has 0 saturated heterocycles. The normalized spacial score (nSPS) is 10.9. The van der Waals surface area contributed by atoms with Gasteiger partial charge in [-0.25, -0.2) is 4.99 Å². The first-order valence-electron chi connectivity index (χ1n) is 8.96. The van der Waals surface area contributed by atoms with Crippen molar-refractivity contribution < 1.29 is 4.79 Å². The Kier molecular flexibility index (Phi) is 10.5. The fourth-order valence-corrected chi connectivity index (χ4v) is 2.55. The van der Waals surface area contributed by atoms with Crippen LogP contribution in [0.1, 0.15) is 24.7 Å². The summed E-state index contributed by atoms with van der Waals surface area (Å²) < 4.78 is 2.01. The summed E-state index contributed by atoms with van der Waals surface area (Å²) in [5, 5.41) is 13.7. The van der Waals surface area contributed by atoms with Crippen molar-refractivity contribution in [3.05, 3.63) is 47.8 Å². The van der Waals surface area contributed by atoms with Crippen LogP contribution in [0.4, 0.5) is 5.69 Å². The van der Waals surface area contributed by atoms with Gasteiger partial charge in [0.25, 0.3) is 0 Å². The standard InChI is InChI=1S/C19H28N6O.HI/c1-4-20-19(21-11-8-12-25-16(3)13-15(2)24-25)22-14-18(26)23-17-9-6-5-7-10-17;/h5-7,9-10,13H,4,8,11-12,14H2,1-3H3,(H,23,26)(H2,20,21,22);1H. The molecule has 0 atom stereocenters. The highest BCUT2D eigenvalue weighted by atomic mass is 127. The second-order valence-electron chi connectivity index (χ2n) is 6.04. The lowest BCUT2D eigenvalue weighted by molar-refractivity contribution is -0.114. The van der Waals surface area contributed by atoms with Gasteiger partial charge in [-0.15, -0.1) is 24.0 Å². The minimum absolute atomic E-state index is 0. The quantitative estimate of drug-likeness (QED) is 0.233. The van der Waals surface area contributed by atoms with Gasteiger partial charge in [0.1, 0.15) is 6.54 Å². The van der Waals surface area contributed by atoms with Crippen molar-refractivity contribution in [3.63, 3.8) is 0 Å². The fourth-order valence-electron chi connectivity index (χ4n) is 2.55. The molecule has 0 aliphatic carbocycles. The molecular formula is C19H29IN6O. The van der Waals surface area contributed by atoms with E-state index in [1.165, 1.54) is 5.69 Å². The number of benzene rings is 1. The van der Waals surface area contributed by atoms with Crippen molar-refractivity contribution in [3.8, 4) is 0 Å². The van der Waals surface area contributed by atoms with Crippen LogP contribution in [0.15, 0.2) is 41.4 Å². The lowest BCUT2D eigenvalue weighted by Crippen LogP contribution is -2.38. The maximum atomic E-state index is 12.0. The molecule has 148 valence electrons. The van der Waals surface area contributed by atoms with Crippen LogP contribution in [0.5, 0.6) is 0 Å². The van der Waals surface area contributed by atoms with Gasteiger partial charge in [0.15, 0.2) is 5.96 Å². The number of aliphatic imine (C=N–C) groups is 1. The second kappa shape index (κ2) is 12.3. The number of aromatic nitrogens is 2. The number of guanidine groups is 1. The molecule has 0 spiro atoms. The zero-order valence-corrected chi connectivity index (χ0v) is 18.5. The third-order valence-corrected chi connectivity index (χ3v) is 3.73. The Morgan fingerprint density at radius 1 is 1.19 bits per heavy atom. The predicted octanol–water partition coefficient (Wildman–Crippen LogP) is 2.70. The van der Waals surface area contributed by atoms with Gasteiger partial charge < -0.3 is 16.0 Å². The summed E-state index contributed by atoms with van der Waals surface area (Å²) in [4.78, 5) is 16.3. The highest BCUT2D eigenvalue weighted by Gasteiger charge is 2.04. The summed E-state index contributed by atoms with van der Waals surface area (Å²) in [5.74, 6) is 0.500. The summed E-state index contributed by atoms with van der Waals surface area (Å²) >= 11 is 0. The number of halogens is 1. The van der Waals surface area contributed by atoms with E-state index in [1.54, 1.807) is 0 Å². The second-order valence-corrected chi connectivity index (χ2v) is 6.04. The fraction of sp³-hybridized carbons (Fsp3) is 0.421. The van der Waals surface area contributed by atoms with Crippen molar-refractivity contribution in [1.82, 2.24) is 20.4 Å². The molecule has 8 heteroatoms. The van der Waals surface area contributed by atoms with E-state index in [2.05, 4.69) is 39.0 Å². The molecule has 0 unspecified atom stereocenters. The molecule has 1 heterocycles. The predicted molar refractivity (Wildman–Crippen MR) is 121 cm³/mol. The molecule has 0 bridgehead atoms. The summed E-state index contributed by atoms with van der Waals surface area (Å²) in [6.07, 6.45) is 0.919. The van der Waals surface area contributed by atoms with Gasteiger partial charge in [0, 0.05) is 31.0 Å². The monoisotopic (exact) mass is 484 g/mol. The van der Waals surface area contributed by atoms with Gasteiger partial charge in [0.2, 0.25) is 5.91 Å². The van der Waals surface area contributed by atoms with Crippen LogP contribution in [0, 0.1) is 13.8 Å². The number of para-hydroxylation sites is 1. The average molecular weight is 484 g/mol. The van der Waals surface area contributed by atoms with Crippen molar-refractivity contribution in [1.29, 1.82) is 0 Å². The van der Waals surface area contributed by atoms with E-state index in [4.69, 9.17) is 0 Å². The summed E-state index contributed by atoms with van der Waals surface area (Å²) in [5.41, 5.74) is 2.98. The Morgan fingerprint density at radius 2 is 1.93 bits per heavy atom. The molecule has 27 heavy (non-hydrogen) atoms. The number of carbonyl (C=O) groups excluding carboxylic acids is 1. The van der Waals surface area contributed by atoms with Gasteiger partial charge in [-0.1, -0.05) is 18.2 Å². The number of nitrogens with one attached hydrogen (secondary N) is 3. The van der Waals surface area contributed by atoms with Crippen LogP contribution in [0.25, 0.3) is 0 Å². The van der Waals surface area contributed by atoms with Crippen molar-refractivity contribution >= 4 is 41.5 Å². The Balaban J connectivity index is 0.00000364. The molecule has 2 aromatic rings.